The fourth-order valence-electron chi connectivity index (χ4n) is 1.52. The van der Waals surface area contributed by atoms with Crippen LogP contribution in [0.3, 0.4) is 0 Å². The van der Waals surface area contributed by atoms with Crippen molar-refractivity contribution < 1.29 is 13.2 Å². The molecule has 0 spiro atoms. The fraction of sp³-hybridized carbons (Fsp3) is 0.583. The lowest BCUT2D eigenvalue weighted by Gasteiger charge is -2.18. The Balaban J connectivity index is 2.87. The van der Waals surface area contributed by atoms with Crippen LogP contribution in [0.15, 0.2) is 18.3 Å². The minimum absolute atomic E-state index is 0.236. The molecule has 0 amide bonds. The van der Waals surface area contributed by atoms with Gasteiger partial charge in [-0.15, -0.1) is 0 Å². The van der Waals surface area contributed by atoms with Gasteiger partial charge >= 0.3 is 6.18 Å². The molecule has 0 aliphatic carbocycles. The second kappa shape index (κ2) is 4.85. The monoisotopic (exact) mass is 231 g/mol. The lowest BCUT2D eigenvalue weighted by atomic mass is 9.88. The minimum Gasteiger partial charge on any atom is -0.251 e. The summed E-state index contributed by atoms with van der Waals surface area (Å²) in [5, 5.41) is 0. The molecule has 1 nitrogen and oxygen atoms in total. The number of rotatable bonds is 3. The van der Waals surface area contributed by atoms with Crippen LogP contribution in [0.1, 0.15) is 44.4 Å². The van der Waals surface area contributed by atoms with E-state index in [1.165, 1.54) is 12.3 Å². The van der Waals surface area contributed by atoms with Crippen molar-refractivity contribution >= 4 is 0 Å². The van der Waals surface area contributed by atoms with Crippen LogP contribution >= 0.6 is 0 Å². The van der Waals surface area contributed by atoms with Gasteiger partial charge in [-0.25, -0.2) is 0 Å². The molecule has 4 heteroatoms. The minimum atomic E-state index is -4.35. The normalized spacial score (nSPS) is 15.9. The highest BCUT2D eigenvalue weighted by atomic mass is 19.4. The summed E-state index contributed by atoms with van der Waals surface area (Å²) in [5.74, 6) is 0.679. The zero-order valence-corrected chi connectivity index (χ0v) is 9.67. The van der Waals surface area contributed by atoms with E-state index in [4.69, 9.17) is 0 Å². The summed E-state index contributed by atoms with van der Waals surface area (Å²) in [6.07, 6.45) is -2.01. The number of nitrogens with zero attached hydrogens (tertiary/aromatic N) is 1. The third kappa shape index (κ3) is 2.97. The molecule has 0 aliphatic heterocycles. The van der Waals surface area contributed by atoms with E-state index in [0.29, 0.717) is 5.92 Å². The zero-order valence-electron chi connectivity index (χ0n) is 9.67. The van der Waals surface area contributed by atoms with Crippen LogP contribution in [0.2, 0.25) is 0 Å². The first kappa shape index (κ1) is 13.0. The molecule has 0 N–H and O–H groups in total. The molecule has 1 rings (SSSR count). The lowest BCUT2D eigenvalue weighted by molar-refractivity contribution is -0.141. The Hall–Kier alpha value is -1.06. The van der Waals surface area contributed by atoms with Gasteiger partial charge < -0.3 is 0 Å². The summed E-state index contributed by atoms with van der Waals surface area (Å²) in [6.45, 7) is 6.17. The third-order valence-electron chi connectivity index (χ3n) is 3.10. The highest BCUT2D eigenvalue weighted by Gasteiger charge is 2.32. The summed E-state index contributed by atoms with van der Waals surface area (Å²) < 4.78 is 36.8. The Labute approximate surface area is 93.7 Å². The summed E-state index contributed by atoms with van der Waals surface area (Å²) in [4.78, 5) is 3.46. The van der Waals surface area contributed by atoms with Crippen molar-refractivity contribution in [2.75, 3.05) is 0 Å². The number of hydrogen-bond acceptors (Lipinski definition) is 1. The number of hydrogen-bond donors (Lipinski definition) is 0. The average molecular weight is 231 g/mol. The molecule has 16 heavy (non-hydrogen) atoms. The van der Waals surface area contributed by atoms with Gasteiger partial charge in [0.25, 0.3) is 0 Å². The molecule has 0 saturated heterocycles. The molecule has 0 aliphatic rings. The van der Waals surface area contributed by atoms with E-state index in [0.717, 1.165) is 18.1 Å². The average Bonchev–Trinajstić information content (AvgIpc) is 2.26. The van der Waals surface area contributed by atoms with Gasteiger partial charge in [0.15, 0.2) is 0 Å². The molecule has 0 aromatic carbocycles. The standard InChI is InChI=1S/C12H16F3N/c1-4-8(2)9(3)10-5-6-11(16-7-10)12(13,14)15/h5-9H,4H2,1-3H3/t8?,9-/m1/s1. The van der Waals surface area contributed by atoms with Gasteiger partial charge in [-0.2, -0.15) is 13.2 Å². The quantitative estimate of drug-likeness (QED) is 0.757. The Morgan fingerprint density at radius 2 is 1.88 bits per heavy atom. The largest absolute Gasteiger partial charge is 0.433 e. The topological polar surface area (TPSA) is 12.9 Å². The molecule has 0 radical (unpaired) electrons. The lowest BCUT2D eigenvalue weighted by Crippen LogP contribution is -2.10. The van der Waals surface area contributed by atoms with Crippen molar-refractivity contribution in [1.29, 1.82) is 0 Å². The highest BCUT2D eigenvalue weighted by Crippen LogP contribution is 2.30. The van der Waals surface area contributed by atoms with Crippen molar-refractivity contribution in [3.8, 4) is 0 Å². The molecule has 2 atom stereocenters. The van der Waals surface area contributed by atoms with Crippen LogP contribution in [0.25, 0.3) is 0 Å². The zero-order chi connectivity index (χ0) is 12.3. The van der Waals surface area contributed by atoms with Gasteiger partial charge in [0.2, 0.25) is 0 Å². The fourth-order valence-corrected chi connectivity index (χ4v) is 1.52. The first-order chi connectivity index (χ1) is 7.36. The van der Waals surface area contributed by atoms with Gasteiger partial charge in [-0.05, 0) is 23.5 Å². The van der Waals surface area contributed by atoms with Crippen molar-refractivity contribution in [2.45, 2.75) is 39.3 Å². The second-order valence-corrected chi connectivity index (χ2v) is 4.15. The first-order valence-electron chi connectivity index (χ1n) is 5.39. The van der Waals surface area contributed by atoms with Crippen LogP contribution in [-0.2, 0) is 6.18 Å². The summed E-state index contributed by atoms with van der Waals surface area (Å²) in [5.41, 5.74) is 0.0370. The molecule has 1 aromatic heterocycles. The van der Waals surface area contributed by atoms with Gasteiger partial charge in [0.05, 0.1) is 0 Å². The van der Waals surface area contributed by atoms with E-state index in [-0.39, 0.29) is 5.92 Å². The van der Waals surface area contributed by atoms with Crippen molar-refractivity contribution in [3.05, 3.63) is 29.6 Å². The SMILES string of the molecule is CCC(C)[C@@H](C)c1ccc(C(F)(F)F)nc1. The summed E-state index contributed by atoms with van der Waals surface area (Å²) in [7, 11) is 0. The van der Waals surface area contributed by atoms with E-state index in [1.807, 2.05) is 6.92 Å². The van der Waals surface area contributed by atoms with E-state index < -0.39 is 11.9 Å². The maximum atomic E-state index is 12.3. The second-order valence-electron chi connectivity index (χ2n) is 4.15. The maximum absolute atomic E-state index is 12.3. The van der Waals surface area contributed by atoms with E-state index in [1.54, 1.807) is 0 Å². The number of alkyl halides is 3. The summed E-state index contributed by atoms with van der Waals surface area (Å²) in [6, 6.07) is 2.57. The molecule has 0 fully saturated rings. The predicted octanol–water partition coefficient (Wildman–Crippen LogP) is 4.25. The molecular weight excluding hydrogens is 215 g/mol. The number of aromatic nitrogens is 1. The molecular formula is C12H16F3N. The summed E-state index contributed by atoms with van der Waals surface area (Å²) >= 11 is 0. The van der Waals surface area contributed by atoms with Crippen molar-refractivity contribution in [2.24, 2.45) is 5.92 Å². The van der Waals surface area contributed by atoms with Crippen molar-refractivity contribution in [1.82, 2.24) is 4.98 Å². The van der Waals surface area contributed by atoms with E-state index in [9.17, 15) is 13.2 Å². The Bertz CT molecular complexity index is 329. The van der Waals surface area contributed by atoms with Gasteiger partial charge in [0, 0.05) is 6.20 Å². The molecule has 0 bridgehead atoms. The first-order valence-corrected chi connectivity index (χ1v) is 5.39. The van der Waals surface area contributed by atoms with Gasteiger partial charge in [-0.1, -0.05) is 33.3 Å². The van der Waals surface area contributed by atoms with Crippen LogP contribution < -0.4 is 0 Å². The van der Waals surface area contributed by atoms with Crippen LogP contribution in [0, 0.1) is 5.92 Å². The molecule has 1 aromatic rings. The van der Waals surface area contributed by atoms with Crippen LogP contribution in [0.4, 0.5) is 13.2 Å². The van der Waals surface area contributed by atoms with Crippen LogP contribution in [0.5, 0.6) is 0 Å². The maximum Gasteiger partial charge on any atom is 0.433 e. The molecule has 0 saturated carbocycles. The van der Waals surface area contributed by atoms with E-state index in [2.05, 4.69) is 18.8 Å². The molecule has 1 heterocycles. The van der Waals surface area contributed by atoms with Crippen LogP contribution in [-0.4, -0.2) is 4.98 Å². The van der Waals surface area contributed by atoms with Crippen molar-refractivity contribution in [3.63, 3.8) is 0 Å². The Kier molecular flexibility index (Phi) is 3.94. The molecule has 1 unspecified atom stereocenters. The number of halogens is 3. The van der Waals surface area contributed by atoms with Gasteiger partial charge in [-0.3, -0.25) is 4.98 Å². The van der Waals surface area contributed by atoms with E-state index >= 15 is 0 Å². The van der Waals surface area contributed by atoms with Gasteiger partial charge in [0.1, 0.15) is 5.69 Å². The predicted molar refractivity (Wildman–Crippen MR) is 57.1 cm³/mol. The Morgan fingerprint density at radius 3 is 2.25 bits per heavy atom. The number of pyridine rings is 1. The third-order valence-corrected chi connectivity index (χ3v) is 3.10. The molecule has 90 valence electrons. The smallest absolute Gasteiger partial charge is 0.251 e. The highest BCUT2D eigenvalue weighted by molar-refractivity contribution is 5.19. The Morgan fingerprint density at radius 1 is 1.25 bits per heavy atom.